The van der Waals surface area contributed by atoms with Crippen LogP contribution in [0.2, 0.25) is 0 Å². The van der Waals surface area contributed by atoms with E-state index in [4.69, 9.17) is 0 Å². The number of halogens is 2. The van der Waals surface area contributed by atoms with Gasteiger partial charge in [0.1, 0.15) is 0 Å². The largest absolute Gasteiger partial charge is 0.392 e. The second-order valence-corrected chi connectivity index (χ2v) is 6.49. The molecule has 1 saturated heterocycles. The highest BCUT2D eigenvalue weighted by Gasteiger charge is 2.45. The van der Waals surface area contributed by atoms with Crippen molar-refractivity contribution in [1.82, 2.24) is 14.7 Å². The summed E-state index contributed by atoms with van der Waals surface area (Å²) in [6.07, 6.45) is 4.05. The number of hydrogen-bond donors (Lipinski definition) is 1. The first kappa shape index (κ1) is 15.4. The smallest absolute Gasteiger partial charge is 0.333 e. The molecule has 2 fully saturated rings. The molecule has 1 aromatic heterocycles. The maximum Gasteiger partial charge on any atom is 0.333 e. The van der Waals surface area contributed by atoms with E-state index in [1.807, 2.05) is 0 Å². The Morgan fingerprint density at radius 2 is 2.18 bits per heavy atom. The van der Waals surface area contributed by atoms with Gasteiger partial charge in [0.2, 0.25) is 0 Å². The van der Waals surface area contributed by atoms with E-state index in [1.54, 1.807) is 4.90 Å². The number of rotatable bonds is 2. The predicted octanol–water partition coefficient (Wildman–Crippen LogP) is 2.35. The number of hydrogen-bond acceptors (Lipinski definition) is 3. The lowest BCUT2D eigenvalue weighted by Crippen LogP contribution is -2.49. The van der Waals surface area contributed by atoms with Crippen LogP contribution in [0.25, 0.3) is 0 Å². The molecule has 5 nitrogen and oxygen atoms in total. The standard InChI is InChI=1S/C15H21F2N3O2/c1-10-8-11(18-20(10)14(16)17)13(22)19-7-3-6-15(9-19)5-2-4-12(15)21/h8,12,14,21H,2-7,9H2,1H3/t12-,15+/m1/s1. The highest BCUT2D eigenvalue weighted by Crippen LogP contribution is 2.45. The van der Waals surface area contributed by atoms with E-state index in [0.29, 0.717) is 17.8 Å². The van der Waals surface area contributed by atoms with E-state index in [-0.39, 0.29) is 28.8 Å². The van der Waals surface area contributed by atoms with Crippen LogP contribution in [-0.4, -0.2) is 44.9 Å². The number of amides is 1. The van der Waals surface area contributed by atoms with Gasteiger partial charge in [0.05, 0.1) is 6.10 Å². The Morgan fingerprint density at radius 1 is 1.45 bits per heavy atom. The first-order chi connectivity index (χ1) is 10.4. The van der Waals surface area contributed by atoms with Gasteiger partial charge in [-0.05, 0) is 38.7 Å². The number of alkyl halides is 2. The van der Waals surface area contributed by atoms with Crippen LogP contribution >= 0.6 is 0 Å². The van der Waals surface area contributed by atoms with Crippen molar-refractivity contribution in [3.8, 4) is 0 Å². The minimum atomic E-state index is -2.74. The zero-order chi connectivity index (χ0) is 15.9. The highest BCUT2D eigenvalue weighted by atomic mass is 19.3. The molecule has 2 atom stereocenters. The Hall–Kier alpha value is -1.50. The van der Waals surface area contributed by atoms with Crippen LogP contribution in [0.1, 0.15) is 54.8 Å². The monoisotopic (exact) mass is 313 g/mol. The van der Waals surface area contributed by atoms with E-state index in [0.717, 1.165) is 32.1 Å². The fourth-order valence-electron chi connectivity index (χ4n) is 3.88. The van der Waals surface area contributed by atoms with Crippen LogP contribution in [0.4, 0.5) is 8.78 Å². The van der Waals surface area contributed by atoms with Crippen LogP contribution in [0, 0.1) is 12.3 Å². The van der Waals surface area contributed by atoms with Gasteiger partial charge in [-0.3, -0.25) is 4.79 Å². The summed E-state index contributed by atoms with van der Waals surface area (Å²) < 4.78 is 26.1. The molecule has 2 heterocycles. The van der Waals surface area contributed by atoms with Crippen molar-refractivity contribution < 1.29 is 18.7 Å². The van der Waals surface area contributed by atoms with E-state index in [2.05, 4.69) is 5.10 Å². The molecule has 22 heavy (non-hydrogen) atoms. The number of aryl methyl sites for hydroxylation is 1. The lowest BCUT2D eigenvalue weighted by atomic mass is 9.76. The SMILES string of the molecule is Cc1cc(C(=O)N2CCC[C@@]3(CCC[C@H]3O)C2)nn1C(F)F. The number of aliphatic hydroxyl groups is 1. The van der Waals surface area contributed by atoms with Crippen LogP contribution < -0.4 is 0 Å². The zero-order valence-corrected chi connectivity index (χ0v) is 12.6. The molecule has 0 radical (unpaired) electrons. The molecule has 1 aromatic rings. The molecule has 1 aliphatic carbocycles. The minimum Gasteiger partial charge on any atom is -0.392 e. The summed E-state index contributed by atoms with van der Waals surface area (Å²) >= 11 is 0. The number of aliphatic hydroxyl groups excluding tert-OH is 1. The molecule has 0 unspecified atom stereocenters. The maximum absolute atomic E-state index is 12.8. The third kappa shape index (κ3) is 2.51. The number of aromatic nitrogens is 2. The molecular weight excluding hydrogens is 292 g/mol. The average Bonchev–Trinajstić information content (AvgIpc) is 3.03. The first-order valence-electron chi connectivity index (χ1n) is 7.75. The summed E-state index contributed by atoms with van der Waals surface area (Å²) in [7, 11) is 0. The lowest BCUT2D eigenvalue weighted by Gasteiger charge is -2.42. The molecule has 1 amide bonds. The van der Waals surface area contributed by atoms with Gasteiger partial charge in [-0.1, -0.05) is 6.42 Å². The Balaban J connectivity index is 1.79. The van der Waals surface area contributed by atoms with Crippen molar-refractivity contribution >= 4 is 5.91 Å². The number of carbonyl (C=O) groups is 1. The molecule has 1 aliphatic heterocycles. The van der Waals surface area contributed by atoms with Crippen LogP contribution in [0.3, 0.4) is 0 Å². The van der Waals surface area contributed by atoms with Crippen molar-refractivity contribution in [2.24, 2.45) is 5.41 Å². The third-order valence-electron chi connectivity index (χ3n) is 5.08. The van der Waals surface area contributed by atoms with E-state index in [1.165, 1.54) is 13.0 Å². The van der Waals surface area contributed by atoms with E-state index < -0.39 is 6.55 Å². The average molecular weight is 313 g/mol. The molecule has 0 aromatic carbocycles. The van der Waals surface area contributed by atoms with Gasteiger partial charge < -0.3 is 10.0 Å². The summed E-state index contributed by atoms with van der Waals surface area (Å²) in [5, 5.41) is 14.0. The van der Waals surface area contributed by atoms with Crippen LogP contribution in [0.15, 0.2) is 6.07 Å². The van der Waals surface area contributed by atoms with Gasteiger partial charge in [0.25, 0.3) is 5.91 Å². The Labute approximate surface area is 127 Å². The van der Waals surface area contributed by atoms with Gasteiger partial charge in [0.15, 0.2) is 5.69 Å². The van der Waals surface area contributed by atoms with Gasteiger partial charge in [-0.15, -0.1) is 0 Å². The number of piperidine rings is 1. The number of nitrogens with zero attached hydrogens (tertiary/aromatic N) is 3. The van der Waals surface area contributed by atoms with Crippen LogP contribution in [0.5, 0.6) is 0 Å². The number of carbonyl (C=O) groups excluding carboxylic acids is 1. The fourth-order valence-corrected chi connectivity index (χ4v) is 3.88. The van der Waals surface area contributed by atoms with Gasteiger partial charge in [0, 0.05) is 24.2 Å². The molecule has 3 rings (SSSR count). The first-order valence-corrected chi connectivity index (χ1v) is 7.75. The lowest BCUT2D eigenvalue weighted by molar-refractivity contribution is -0.00570. The minimum absolute atomic E-state index is 0.0577. The van der Waals surface area contributed by atoms with E-state index >= 15 is 0 Å². The van der Waals surface area contributed by atoms with E-state index in [9.17, 15) is 18.7 Å². The number of likely N-dealkylation sites (tertiary alicyclic amines) is 1. The maximum atomic E-state index is 12.8. The summed E-state index contributed by atoms with van der Waals surface area (Å²) in [5.41, 5.74) is 0.113. The Kier molecular flexibility index (Phi) is 3.92. The second kappa shape index (κ2) is 5.61. The van der Waals surface area contributed by atoms with Crippen molar-refractivity contribution in [2.75, 3.05) is 13.1 Å². The molecule has 1 N–H and O–H groups in total. The molecular formula is C15H21F2N3O2. The summed E-state index contributed by atoms with van der Waals surface area (Å²) in [4.78, 5) is 14.2. The van der Waals surface area contributed by atoms with Crippen LogP contribution in [-0.2, 0) is 0 Å². The molecule has 2 aliphatic rings. The Morgan fingerprint density at radius 3 is 2.77 bits per heavy atom. The van der Waals surface area contributed by atoms with Crippen molar-refractivity contribution in [2.45, 2.75) is 51.7 Å². The molecule has 7 heteroatoms. The topological polar surface area (TPSA) is 58.4 Å². The quantitative estimate of drug-likeness (QED) is 0.912. The second-order valence-electron chi connectivity index (χ2n) is 6.49. The van der Waals surface area contributed by atoms with Gasteiger partial charge in [-0.2, -0.15) is 13.9 Å². The molecule has 0 bridgehead atoms. The zero-order valence-electron chi connectivity index (χ0n) is 12.6. The molecule has 1 spiro atoms. The van der Waals surface area contributed by atoms with Gasteiger partial charge in [-0.25, -0.2) is 4.68 Å². The predicted molar refractivity (Wildman–Crippen MR) is 75.6 cm³/mol. The van der Waals surface area contributed by atoms with Gasteiger partial charge >= 0.3 is 6.55 Å². The van der Waals surface area contributed by atoms with Crippen molar-refractivity contribution in [3.63, 3.8) is 0 Å². The van der Waals surface area contributed by atoms with Crippen molar-refractivity contribution in [3.05, 3.63) is 17.5 Å². The summed E-state index contributed by atoms with van der Waals surface area (Å²) in [6, 6.07) is 1.40. The third-order valence-corrected chi connectivity index (χ3v) is 5.08. The Bertz CT molecular complexity index is 575. The van der Waals surface area contributed by atoms with Crippen molar-refractivity contribution in [1.29, 1.82) is 0 Å². The molecule has 122 valence electrons. The normalized spacial score (nSPS) is 28.8. The molecule has 1 saturated carbocycles. The summed E-state index contributed by atoms with van der Waals surface area (Å²) in [6.45, 7) is -0.151. The summed E-state index contributed by atoms with van der Waals surface area (Å²) in [5.74, 6) is -0.319. The fraction of sp³-hybridized carbons (Fsp3) is 0.733. The highest BCUT2D eigenvalue weighted by molar-refractivity contribution is 5.92.